The predicted molar refractivity (Wildman–Crippen MR) is 85.5 cm³/mol. The first-order valence-corrected chi connectivity index (χ1v) is 7.88. The number of rotatable bonds is 6. The highest BCUT2D eigenvalue weighted by molar-refractivity contribution is 6.20. The largest absolute Gasteiger partial charge is 0.299 e. The van der Waals surface area contributed by atoms with Gasteiger partial charge in [-0.25, -0.2) is 0 Å². The van der Waals surface area contributed by atoms with Crippen LogP contribution in [0.3, 0.4) is 0 Å². The smallest absolute Gasteiger partial charge is 0.237 e. The van der Waals surface area contributed by atoms with Crippen LogP contribution < -0.4 is 4.90 Å². The lowest BCUT2D eigenvalue weighted by atomic mass is 10.0. The van der Waals surface area contributed by atoms with Crippen molar-refractivity contribution < 1.29 is 14.4 Å². The average molecular weight is 301 g/mol. The summed E-state index contributed by atoms with van der Waals surface area (Å²) in [6, 6.07) is 7.48. The van der Waals surface area contributed by atoms with E-state index in [-0.39, 0.29) is 30.1 Å². The molecule has 0 aromatic heterocycles. The van der Waals surface area contributed by atoms with Gasteiger partial charge in [-0.1, -0.05) is 32.9 Å². The fourth-order valence-corrected chi connectivity index (χ4v) is 2.62. The molecule has 0 N–H and O–H groups in total. The zero-order valence-corrected chi connectivity index (χ0v) is 13.5. The van der Waals surface area contributed by atoms with Crippen LogP contribution in [0.15, 0.2) is 24.3 Å². The highest BCUT2D eigenvalue weighted by atomic mass is 16.2. The van der Waals surface area contributed by atoms with Crippen LogP contribution >= 0.6 is 0 Å². The molecule has 4 nitrogen and oxygen atoms in total. The van der Waals surface area contributed by atoms with Crippen molar-refractivity contribution in [3.8, 4) is 0 Å². The van der Waals surface area contributed by atoms with Gasteiger partial charge in [-0.15, -0.1) is 0 Å². The zero-order valence-electron chi connectivity index (χ0n) is 13.5. The number of hydrogen-bond acceptors (Lipinski definition) is 3. The second-order valence-corrected chi connectivity index (χ2v) is 6.31. The van der Waals surface area contributed by atoms with E-state index in [1.165, 1.54) is 4.90 Å². The Hall–Kier alpha value is -1.97. The van der Waals surface area contributed by atoms with E-state index in [0.29, 0.717) is 17.9 Å². The number of ketones is 1. The van der Waals surface area contributed by atoms with Crippen molar-refractivity contribution in [3.63, 3.8) is 0 Å². The van der Waals surface area contributed by atoms with Crippen LogP contribution in [0.4, 0.5) is 5.69 Å². The Morgan fingerprint density at radius 3 is 2.36 bits per heavy atom. The maximum absolute atomic E-state index is 12.0. The molecular formula is C18H23NO3. The summed E-state index contributed by atoms with van der Waals surface area (Å²) in [6.45, 7) is 5.62. The first kappa shape index (κ1) is 16.4. The summed E-state index contributed by atoms with van der Waals surface area (Å²) in [5.74, 6) is -0.0993. The van der Waals surface area contributed by atoms with E-state index in [0.717, 1.165) is 18.4 Å². The van der Waals surface area contributed by atoms with Gasteiger partial charge in [0, 0.05) is 24.7 Å². The van der Waals surface area contributed by atoms with Crippen molar-refractivity contribution in [3.05, 3.63) is 29.8 Å². The molecule has 1 atom stereocenters. The summed E-state index contributed by atoms with van der Waals surface area (Å²) in [7, 11) is 0. The fourth-order valence-electron chi connectivity index (χ4n) is 2.62. The molecule has 0 aliphatic carbocycles. The fraction of sp³-hybridized carbons (Fsp3) is 0.500. The van der Waals surface area contributed by atoms with Gasteiger partial charge in [0.2, 0.25) is 11.8 Å². The number of amides is 2. The monoisotopic (exact) mass is 301 g/mol. The molecule has 22 heavy (non-hydrogen) atoms. The summed E-state index contributed by atoms with van der Waals surface area (Å²) < 4.78 is 0. The van der Waals surface area contributed by atoms with Gasteiger partial charge in [-0.3, -0.25) is 19.3 Å². The first-order chi connectivity index (χ1) is 10.4. The van der Waals surface area contributed by atoms with Crippen LogP contribution in [0.25, 0.3) is 0 Å². The van der Waals surface area contributed by atoms with Crippen LogP contribution in [0.2, 0.25) is 0 Å². The Labute approximate surface area is 131 Å². The highest BCUT2D eigenvalue weighted by Crippen LogP contribution is 2.26. The number of imide groups is 1. The van der Waals surface area contributed by atoms with Gasteiger partial charge in [-0.05, 0) is 30.5 Å². The Morgan fingerprint density at radius 1 is 1.23 bits per heavy atom. The van der Waals surface area contributed by atoms with Gasteiger partial charge in [0.05, 0.1) is 5.69 Å². The number of Topliss-reactive ketones (excluding diaryl/α,β-unsaturated/α-hetero) is 1. The molecule has 1 heterocycles. The lowest BCUT2D eigenvalue weighted by Gasteiger charge is -2.14. The third kappa shape index (κ3) is 3.62. The molecule has 1 fully saturated rings. The van der Waals surface area contributed by atoms with E-state index in [2.05, 4.69) is 0 Å². The molecule has 118 valence electrons. The Bertz CT molecular complexity index is 574. The maximum Gasteiger partial charge on any atom is 0.237 e. The number of nitrogens with zero attached hydrogens (tertiary/aromatic N) is 1. The number of anilines is 1. The second-order valence-electron chi connectivity index (χ2n) is 6.31. The number of benzene rings is 1. The van der Waals surface area contributed by atoms with Gasteiger partial charge in [0.1, 0.15) is 5.78 Å². The standard InChI is InChI=1S/C18H23NO3/c1-12(2)16(20)6-4-5-14-7-9-15(10-8-14)19-17(21)11-13(3)18(19)22/h7-10,12-13H,4-6,11H2,1-3H3. The summed E-state index contributed by atoms with van der Waals surface area (Å²) in [4.78, 5) is 36.7. The number of hydrogen-bond donors (Lipinski definition) is 0. The van der Waals surface area contributed by atoms with Gasteiger partial charge >= 0.3 is 0 Å². The zero-order chi connectivity index (χ0) is 16.3. The number of aryl methyl sites for hydroxylation is 1. The third-order valence-corrected chi connectivity index (χ3v) is 4.10. The van der Waals surface area contributed by atoms with Crippen LogP contribution in [0, 0.1) is 11.8 Å². The molecule has 1 aromatic carbocycles. The van der Waals surface area contributed by atoms with Crippen molar-refractivity contribution in [1.82, 2.24) is 0 Å². The van der Waals surface area contributed by atoms with Crippen LogP contribution in [-0.2, 0) is 20.8 Å². The molecule has 0 radical (unpaired) electrons. The van der Waals surface area contributed by atoms with Crippen LogP contribution in [-0.4, -0.2) is 17.6 Å². The van der Waals surface area contributed by atoms with E-state index in [1.807, 2.05) is 38.1 Å². The maximum atomic E-state index is 12.0. The molecule has 4 heteroatoms. The third-order valence-electron chi connectivity index (χ3n) is 4.10. The molecule has 0 bridgehead atoms. The molecular weight excluding hydrogens is 278 g/mol. The molecule has 0 spiro atoms. The van der Waals surface area contributed by atoms with E-state index in [9.17, 15) is 14.4 Å². The van der Waals surface area contributed by atoms with Gasteiger partial charge in [0.15, 0.2) is 0 Å². The van der Waals surface area contributed by atoms with Crippen molar-refractivity contribution in [2.45, 2.75) is 46.5 Å². The molecule has 0 saturated carbocycles. The summed E-state index contributed by atoms with van der Waals surface area (Å²) >= 11 is 0. The average Bonchev–Trinajstić information content (AvgIpc) is 2.73. The molecule has 2 amide bonds. The van der Waals surface area contributed by atoms with E-state index in [4.69, 9.17) is 0 Å². The number of carbonyl (C=O) groups is 3. The SMILES string of the molecule is CC(C)C(=O)CCCc1ccc(N2C(=O)CC(C)C2=O)cc1. The Balaban J connectivity index is 1.95. The van der Waals surface area contributed by atoms with E-state index >= 15 is 0 Å². The normalized spacial score (nSPS) is 18.4. The van der Waals surface area contributed by atoms with Crippen LogP contribution in [0.1, 0.15) is 45.6 Å². The lowest BCUT2D eigenvalue weighted by molar-refractivity contribution is -0.123. The van der Waals surface area contributed by atoms with Crippen molar-refractivity contribution in [2.75, 3.05) is 4.90 Å². The number of carbonyl (C=O) groups excluding carboxylic acids is 3. The summed E-state index contributed by atoms with van der Waals surface area (Å²) in [6.07, 6.45) is 2.55. The molecule has 1 aromatic rings. The molecule has 1 saturated heterocycles. The molecule has 1 unspecified atom stereocenters. The molecule has 2 rings (SSSR count). The Kier molecular flexibility index (Phi) is 5.11. The van der Waals surface area contributed by atoms with E-state index in [1.54, 1.807) is 6.92 Å². The minimum absolute atomic E-state index is 0.0940. The van der Waals surface area contributed by atoms with Crippen molar-refractivity contribution in [2.24, 2.45) is 11.8 Å². The van der Waals surface area contributed by atoms with Gasteiger partial charge in [-0.2, -0.15) is 0 Å². The molecule has 1 aliphatic rings. The van der Waals surface area contributed by atoms with Crippen LogP contribution in [0.5, 0.6) is 0 Å². The lowest BCUT2D eigenvalue weighted by Crippen LogP contribution is -2.29. The highest BCUT2D eigenvalue weighted by Gasteiger charge is 2.36. The topological polar surface area (TPSA) is 54.5 Å². The van der Waals surface area contributed by atoms with Crippen molar-refractivity contribution >= 4 is 23.3 Å². The minimum Gasteiger partial charge on any atom is -0.299 e. The second kappa shape index (κ2) is 6.86. The van der Waals surface area contributed by atoms with Gasteiger partial charge in [0.25, 0.3) is 0 Å². The quantitative estimate of drug-likeness (QED) is 0.759. The predicted octanol–water partition coefficient (Wildman–Crippen LogP) is 3.13. The van der Waals surface area contributed by atoms with Gasteiger partial charge < -0.3 is 0 Å². The minimum atomic E-state index is -0.228. The first-order valence-electron chi connectivity index (χ1n) is 7.88. The summed E-state index contributed by atoms with van der Waals surface area (Å²) in [5, 5.41) is 0. The van der Waals surface area contributed by atoms with E-state index < -0.39 is 0 Å². The Morgan fingerprint density at radius 2 is 1.86 bits per heavy atom. The molecule has 1 aliphatic heterocycles. The summed E-state index contributed by atoms with van der Waals surface area (Å²) in [5.41, 5.74) is 1.76. The van der Waals surface area contributed by atoms with Crippen molar-refractivity contribution in [1.29, 1.82) is 0 Å².